The normalized spacial score (nSPS) is 16.4. The van der Waals surface area contributed by atoms with Gasteiger partial charge < -0.3 is 11.1 Å². The van der Waals surface area contributed by atoms with Crippen LogP contribution in [0, 0.1) is 18.6 Å². The second kappa shape index (κ2) is 13.2. The van der Waals surface area contributed by atoms with Gasteiger partial charge in [0.15, 0.2) is 0 Å². The number of benzene rings is 3. The third kappa shape index (κ3) is 7.85. The summed E-state index contributed by atoms with van der Waals surface area (Å²) in [4.78, 5) is 29.0. The lowest BCUT2D eigenvalue weighted by atomic mass is 9.87. The first-order chi connectivity index (χ1) is 18.7. The zero-order valence-corrected chi connectivity index (χ0v) is 22.6. The summed E-state index contributed by atoms with van der Waals surface area (Å²) in [7, 11) is 0. The lowest BCUT2D eigenvalue weighted by molar-refractivity contribution is -0.127. The molecule has 0 spiro atoms. The van der Waals surface area contributed by atoms with Crippen LogP contribution in [0.5, 0.6) is 0 Å². The zero-order chi connectivity index (χ0) is 27.9. The summed E-state index contributed by atoms with van der Waals surface area (Å²) in [6.07, 6.45) is 1.57. The van der Waals surface area contributed by atoms with Crippen molar-refractivity contribution >= 4 is 29.1 Å². The molecule has 1 atom stereocenters. The zero-order valence-electron chi connectivity index (χ0n) is 21.9. The van der Waals surface area contributed by atoms with E-state index in [9.17, 15) is 18.4 Å². The van der Waals surface area contributed by atoms with Crippen molar-refractivity contribution in [2.75, 3.05) is 38.0 Å². The van der Waals surface area contributed by atoms with Gasteiger partial charge in [-0.3, -0.25) is 19.4 Å². The molecule has 0 radical (unpaired) electrons. The summed E-state index contributed by atoms with van der Waals surface area (Å²) in [6, 6.07) is 17.5. The maximum atomic E-state index is 13.5. The molecule has 39 heavy (non-hydrogen) atoms. The van der Waals surface area contributed by atoms with Gasteiger partial charge in [0.1, 0.15) is 17.7 Å². The maximum Gasteiger partial charge on any atom is 0.238 e. The van der Waals surface area contributed by atoms with Gasteiger partial charge in [0.05, 0.1) is 6.54 Å². The van der Waals surface area contributed by atoms with Crippen molar-refractivity contribution < 1.29 is 18.4 Å². The van der Waals surface area contributed by atoms with Crippen LogP contribution in [0.2, 0.25) is 5.02 Å². The number of carbonyl (C=O) groups is 2. The molecular weight excluding hydrogens is 522 g/mol. The molecule has 1 fully saturated rings. The van der Waals surface area contributed by atoms with Gasteiger partial charge in [-0.15, -0.1) is 0 Å². The average Bonchev–Trinajstić information content (AvgIpc) is 2.90. The molecular formula is C30H33ClF2N4O2. The lowest BCUT2D eigenvalue weighted by Gasteiger charge is -2.39. The fraction of sp³-hybridized carbons (Fsp3) is 0.333. The van der Waals surface area contributed by atoms with Crippen molar-refractivity contribution in [3.8, 4) is 0 Å². The monoisotopic (exact) mass is 554 g/mol. The van der Waals surface area contributed by atoms with Crippen molar-refractivity contribution in [3.63, 3.8) is 0 Å². The number of hydrogen-bond acceptors (Lipinski definition) is 4. The molecule has 9 heteroatoms. The predicted molar refractivity (Wildman–Crippen MR) is 150 cm³/mol. The fourth-order valence-electron chi connectivity index (χ4n) is 5.08. The third-order valence-corrected chi connectivity index (χ3v) is 7.47. The molecule has 3 aromatic carbocycles. The highest BCUT2D eigenvalue weighted by molar-refractivity contribution is 6.31. The molecule has 1 aliphatic rings. The van der Waals surface area contributed by atoms with Crippen molar-refractivity contribution in [3.05, 3.63) is 100 Å². The minimum Gasteiger partial charge on any atom is -0.368 e. The largest absolute Gasteiger partial charge is 0.368 e. The first-order valence-corrected chi connectivity index (χ1v) is 13.4. The standard InChI is InChI=1S/C30H33ClF2N4O2/c1-20-4-9-23(31)17-27(20)35-29(38)19-37-16-15-36(18-28(37)30(34)39)14-2-3-26(21-5-10-24(32)11-6-21)22-7-12-25(33)13-8-22/h4-13,17,26,28H,2-3,14-16,18-19H2,1H3,(H2,34,39)(H,35,38). The molecule has 2 amide bonds. The Kier molecular flexibility index (Phi) is 9.67. The Morgan fingerprint density at radius 1 is 1.00 bits per heavy atom. The molecule has 1 aliphatic heterocycles. The van der Waals surface area contributed by atoms with Crippen LogP contribution in [0.4, 0.5) is 14.5 Å². The van der Waals surface area contributed by atoms with E-state index in [0.29, 0.717) is 30.3 Å². The van der Waals surface area contributed by atoms with Gasteiger partial charge in [-0.25, -0.2) is 8.78 Å². The molecule has 0 aromatic heterocycles. The number of carbonyl (C=O) groups excluding carboxylic acids is 2. The van der Waals surface area contributed by atoms with E-state index < -0.39 is 11.9 Å². The minimum absolute atomic E-state index is 0.0157. The van der Waals surface area contributed by atoms with E-state index in [1.165, 1.54) is 24.3 Å². The SMILES string of the molecule is Cc1ccc(Cl)cc1NC(=O)CN1CCN(CCCC(c2ccc(F)cc2)c2ccc(F)cc2)CC1C(N)=O. The maximum absolute atomic E-state index is 13.5. The molecule has 1 heterocycles. The Labute approximate surface area is 232 Å². The summed E-state index contributed by atoms with van der Waals surface area (Å²) in [6.45, 7) is 4.29. The fourth-order valence-corrected chi connectivity index (χ4v) is 5.25. The van der Waals surface area contributed by atoms with E-state index in [1.807, 2.05) is 17.9 Å². The quantitative estimate of drug-likeness (QED) is 0.372. The first-order valence-electron chi connectivity index (χ1n) is 13.0. The van der Waals surface area contributed by atoms with E-state index in [0.717, 1.165) is 36.1 Å². The Balaban J connectivity index is 1.35. The third-order valence-electron chi connectivity index (χ3n) is 7.24. The number of nitrogens with two attached hydrogens (primary N) is 1. The highest BCUT2D eigenvalue weighted by Gasteiger charge is 2.32. The second-order valence-electron chi connectivity index (χ2n) is 9.99. The van der Waals surface area contributed by atoms with Crippen LogP contribution in [0.1, 0.15) is 35.4 Å². The number of piperazine rings is 1. The van der Waals surface area contributed by atoms with Gasteiger partial charge in [0.25, 0.3) is 0 Å². The number of nitrogens with zero attached hydrogens (tertiary/aromatic N) is 2. The van der Waals surface area contributed by atoms with Gasteiger partial charge in [-0.1, -0.05) is 41.9 Å². The molecule has 1 unspecified atom stereocenters. The van der Waals surface area contributed by atoms with E-state index >= 15 is 0 Å². The molecule has 0 bridgehead atoms. The predicted octanol–water partition coefficient (Wildman–Crippen LogP) is 4.95. The number of anilines is 1. The molecule has 3 aromatic rings. The van der Waals surface area contributed by atoms with Gasteiger partial charge in [0.2, 0.25) is 11.8 Å². The molecule has 4 rings (SSSR count). The number of hydrogen-bond donors (Lipinski definition) is 2. The molecule has 1 saturated heterocycles. The number of primary amides is 1. The number of amides is 2. The van der Waals surface area contributed by atoms with E-state index in [1.54, 1.807) is 36.4 Å². The highest BCUT2D eigenvalue weighted by Crippen LogP contribution is 2.30. The Bertz CT molecular complexity index is 1240. The highest BCUT2D eigenvalue weighted by atomic mass is 35.5. The van der Waals surface area contributed by atoms with Crippen molar-refractivity contribution in [1.82, 2.24) is 9.80 Å². The van der Waals surface area contributed by atoms with Crippen molar-refractivity contribution in [2.45, 2.75) is 31.7 Å². The molecule has 0 saturated carbocycles. The van der Waals surface area contributed by atoms with Crippen molar-refractivity contribution in [2.24, 2.45) is 5.73 Å². The summed E-state index contributed by atoms with van der Waals surface area (Å²) in [5.74, 6) is -1.33. The smallest absolute Gasteiger partial charge is 0.238 e. The second-order valence-corrected chi connectivity index (χ2v) is 10.4. The van der Waals surface area contributed by atoms with Gasteiger partial charge in [0, 0.05) is 36.3 Å². The molecule has 6 nitrogen and oxygen atoms in total. The summed E-state index contributed by atoms with van der Waals surface area (Å²) in [5, 5.41) is 3.40. The van der Waals surface area contributed by atoms with Crippen LogP contribution in [0.25, 0.3) is 0 Å². The van der Waals surface area contributed by atoms with E-state index in [2.05, 4.69) is 10.2 Å². The van der Waals surface area contributed by atoms with E-state index in [-0.39, 0.29) is 30.0 Å². The van der Waals surface area contributed by atoms with Crippen LogP contribution >= 0.6 is 11.6 Å². The first kappa shape index (κ1) is 28.7. The number of nitrogens with one attached hydrogen (secondary N) is 1. The molecule has 206 valence electrons. The van der Waals surface area contributed by atoms with Crippen LogP contribution in [-0.2, 0) is 9.59 Å². The van der Waals surface area contributed by atoms with Crippen LogP contribution < -0.4 is 11.1 Å². The van der Waals surface area contributed by atoms with Gasteiger partial charge in [-0.05, 0) is 79.4 Å². The topological polar surface area (TPSA) is 78.7 Å². The number of aryl methyl sites for hydroxylation is 1. The van der Waals surface area contributed by atoms with Crippen molar-refractivity contribution in [1.29, 1.82) is 0 Å². The van der Waals surface area contributed by atoms with Crippen LogP contribution in [-0.4, -0.2) is 60.4 Å². The van der Waals surface area contributed by atoms with E-state index in [4.69, 9.17) is 17.3 Å². The molecule has 3 N–H and O–H groups in total. The van der Waals surface area contributed by atoms with Gasteiger partial charge >= 0.3 is 0 Å². The van der Waals surface area contributed by atoms with Gasteiger partial charge in [-0.2, -0.15) is 0 Å². The Morgan fingerprint density at radius 3 is 2.21 bits per heavy atom. The summed E-state index contributed by atoms with van der Waals surface area (Å²) in [5.41, 5.74) is 9.18. The average molecular weight is 555 g/mol. The van der Waals surface area contributed by atoms with Crippen LogP contribution in [0.15, 0.2) is 66.7 Å². The Morgan fingerprint density at radius 2 is 1.62 bits per heavy atom. The van der Waals surface area contributed by atoms with Crippen LogP contribution in [0.3, 0.4) is 0 Å². The number of halogens is 3. The Hall–Kier alpha value is -3.33. The molecule has 0 aliphatic carbocycles. The number of rotatable bonds is 10. The lowest BCUT2D eigenvalue weighted by Crippen LogP contribution is -2.59. The summed E-state index contributed by atoms with van der Waals surface area (Å²) >= 11 is 6.06. The summed E-state index contributed by atoms with van der Waals surface area (Å²) < 4.78 is 27.1. The minimum atomic E-state index is -0.588.